The molecule has 21 heavy (non-hydrogen) atoms. The summed E-state index contributed by atoms with van der Waals surface area (Å²) in [4.78, 5) is 13.9. The van der Waals surface area contributed by atoms with E-state index in [2.05, 4.69) is 0 Å². The number of carbonyl (C=O) groups is 1. The van der Waals surface area contributed by atoms with Gasteiger partial charge in [-0.1, -0.05) is 42.8 Å². The molecular formula is C17H20ClNO2. The molecule has 2 rings (SSSR count). The van der Waals surface area contributed by atoms with Crippen LogP contribution >= 0.6 is 11.6 Å². The van der Waals surface area contributed by atoms with Gasteiger partial charge in [-0.3, -0.25) is 4.79 Å². The third kappa shape index (κ3) is 3.48. The van der Waals surface area contributed by atoms with E-state index < -0.39 is 6.10 Å². The van der Waals surface area contributed by atoms with Crippen LogP contribution in [0.1, 0.15) is 20.3 Å². The maximum atomic E-state index is 12.2. The second-order valence-corrected chi connectivity index (χ2v) is 5.52. The van der Waals surface area contributed by atoms with Gasteiger partial charge in [-0.25, -0.2) is 0 Å². The van der Waals surface area contributed by atoms with Crippen LogP contribution in [0.2, 0.25) is 5.02 Å². The van der Waals surface area contributed by atoms with Gasteiger partial charge in [0.25, 0.3) is 5.91 Å². The average Bonchev–Trinajstić information content (AvgIpc) is 2.49. The molecule has 0 heterocycles. The highest BCUT2D eigenvalue weighted by atomic mass is 35.5. The number of benzene rings is 2. The molecule has 1 amide bonds. The predicted octanol–water partition coefficient (Wildman–Crippen LogP) is 4.13. The SMILES string of the molecule is CCCN(C)C(=O)C(C)Oc1ccc(Cl)c2ccccc12. The van der Waals surface area contributed by atoms with Gasteiger partial charge in [0.05, 0.1) is 0 Å². The summed E-state index contributed by atoms with van der Waals surface area (Å²) < 4.78 is 5.86. The van der Waals surface area contributed by atoms with Crippen molar-refractivity contribution in [3.8, 4) is 5.75 Å². The van der Waals surface area contributed by atoms with E-state index in [-0.39, 0.29) is 5.91 Å². The largest absolute Gasteiger partial charge is 0.480 e. The van der Waals surface area contributed by atoms with Crippen molar-refractivity contribution in [1.29, 1.82) is 0 Å². The number of hydrogen-bond acceptors (Lipinski definition) is 2. The third-order valence-corrected chi connectivity index (χ3v) is 3.75. The Balaban J connectivity index is 2.24. The summed E-state index contributed by atoms with van der Waals surface area (Å²) in [7, 11) is 1.80. The van der Waals surface area contributed by atoms with E-state index in [9.17, 15) is 4.79 Å². The molecule has 0 aromatic heterocycles. The number of carbonyl (C=O) groups excluding carboxylic acids is 1. The van der Waals surface area contributed by atoms with Crippen LogP contribution in [-0.2, 0) is 4.79 Å². The van der Waals surface area contributed by atoms with E-state index in [1.165, 1.54) is 0 Å². The van der Waals surface area contributed by atoms with Crippen molar-refractivity contribution in [1.82, 2.24) is 4.90 Å². The van der Waals surface area contributed by atoms with Gasteiger partial charge in [-0.2, -0.15) is 0 Å². The number of hydrogen-bond donors (Lipinski definition) is 0. The zero-order chi connectivity index (χ0) is 15.4. The summed E-state index contributed by atoms with van der Waals surface area (Å²) in [5, 5.41) is 2.53. The average molecular weight is 306 g/mol. The van der Waals surface area contributed by atoms with E-state index >= 15 is 0 Å². The fourth-order valence-electron chi connectivity index (χ4n) is 2.33. The maximum Gasteiger partial charge on any atom is 0.263 e. The second kappa shape index (κ2) is 6.81. The van der Waals surface area contributed by atoms with Gasteiger partial charge in [0.2, 0.25) is 0 Å². The fraction of sp³-hybridized carbons (Fsp3) is 0.353. The van der Waals surface area contributed by atoms with Gasteiger partial charge >= 0.3 is 0 Å². The second-order valence-electron chi connectivity index (χ2n) is 5.11. The minimum absolute atomic E-state index is 0.0177. The molecule has 0 radical (unpaired) electrons. The molecule has 0 bridgehead atoms. The normalized spacial score (nSPS) is 12.2. The van der Waals surface area contributed by atoms with Gasteiger partial charge < -0.3 is 9.64 Å². The zero-order valence-electron chi connectivity index (χ0n) is 12.6. The van der Waals surface area contributed by atoms with Crippen molar-refractivity contribution < 1.29 is 9.53 Å². The molecule has 0 N–H and O–H groups in total. The molecule has 1 unspecified atom stereocenters. The number of halogens is 1. The molecule has 4 heteroatoms. The molecule has 0 saturated carbocycles. The van der Waals surface area contributed by atoms with Crippen LogP contribution in [0, 0.1) is 0 Å². The molecule has 2 aromatic rings. The van der Waals surface area contributed by atoms with Crippen molar-refractivity contribution >= 4 is 28.3 Å². The topological polar surface area (TPSA) is 29.5 Å². The molecule has 3 nitrogen and oxygen atoms in total. The van der Waals surface area contributed by atoms with Crippen molar-refractivity contribution in [3.05, 3.63) is 41.4 Å². The number of ether oxygens (including phenoxy) is 1. The number of rotatable bonds is 5. The summed E-state index contributed by atoms with van der Waals surface area (Å²) in [5.74, 6) is 0.664. The number of fused-ring (bicyclic) bond motifs is 1. The first kappa shape index (κ1) is 15.6. The van der Waals surface area contributed by atoms with Crippen LogP contribution < -0.4 is 4.74 Å². The summed E-state index contributed by atoms with van der Waals surface area (Å²) >= 11 is 6.19. The van der Waals surface area contributed by atoms with E-state index in [0.29, 0.717) is 10.8 Å². The lowest BCUT2D eigenvalue weighted by Crippen LogP contribution is -2.38. The van der Waals surface area contributed by atoms with Crippen molar-refractivity contribution in [3.63, 3.8) is 0 Å². The summed E-state index contributed by atoms with van der Waals surface area (Å²) in [6.45, 7) is 4.55. The molecular weight excluding hydrogens is 286 g/mol. The summed E-state index contributed by atoms with van der Waals surface area (Å²) in [5.41, 5.74) is 0. The number of nitrogens with zero attached hydrogens (tertiary/aromatic N) is 1. The zero-order valence-corrected chi connectivity index (χ0v) is 13.4. The van der Waals surface area contributed by atoms with Gasteiger partial charge in [-0.05, 0) is 25.5 Å². The molecule has 0 aliphatic rings. The van der Waals surface area contributed by atoms with Crippen molar-refractivity contribution in [2.24, 2.45) is 0 Å². The van der Waals surface area contributed by atoms with Gasteiger partial charge in [0.15, 0.2) is 6.10 Å². The molecule has 0 aliphatic carbocycles. The molecule has 0 fully saturated rings. The van der Waals surface area contributed by atoms with Crippen LogP contribution in [0.25, 0.3) is 10.8 Å². The van der Waals surface area contributed by atoms with Crippen LogP contribution in [-0.4, -0.2) is 30.5 Å². The lowest BCUT2D eigenvalue weighted by Gasteiger charge is -2.22. The highest BCUT2D eigenvalue weighted by molar-refractivity contribution is 6.35. The minimum Gasteiger partial charge on any atom is -0.480 e. The van der Waals surface area contributed by atoms with Crippen LogP contribution in [0.5, 0.6) is 5.75 Å². The van der Waals surface area contributed by atoms with E-state index in [0.717, 1.165) is 23.7 Å². The molecule has 112 valence electrons. The van der Waals surface area contributed by atoms with Gasteiger partial charge in [0, 0.05) is 29.4 Å². The highest BCUT2D eigenvalue weighted by Gasteiger charge is 2.19. The van der Waals surface area contributed by atoms with Crippen LogP contribution in [0.4, 0.5) is 0 Å². The van der Waals surface area contributed by atoms with E-state index in [4.69, 9.17) is 16.3 Å². The Bertz CT molecular complexity index is 642. The lowest BCUT2D eigenvalue weighted by atomic mass is 10.1. The quantitative estimate of drug-likeness (QED) is 0.831. The van der Waals surface area contributed by atoms with E-state index in [1.807, 2.05) is 37.3 Å². The Morgan fingerprint density at radius 2 is 1.90 bits per heavy atom. The van der Waals surface area contributed by atoms with Gasteiger partial charge in [0.1, 0.15) is 5.75 Å². The Kier molecular flexibility index (Phi) is 5.07. The molecule has 1 atom stereocenters. The Labute approximate surface area is 130 Å². The van der Waals surface area contributed by atoms with Crippen molar-refractivity contribution in [2.75, 3.05) is 13.6 Å². The molecule has 0 spiro atoms. The monoisotopic (exact) mass is 305 g/mol. The Hall–Kier alpha value is -1.74. The van der Waals surface area contributed by atoms with E-state index in [1.54, 1.807) is 24.9 Å². The Morgan fingerprint density at radius 1 is 1.24 bits per heavy atom. The highest BCUT2D eigenvalue weighted by Crippen LogP contribution is 2.31. The number of amides is 1. The first-order valence-electron chi connectivity index (χ1n) is 7.13. The minimum atomic E-state index is -0.522. The molecule has 0 aliphatic heterocycles. The first-order chi connectivity index (χ1) is 10.0. The first-order valence-corrected chi connectivity index (χ1v) is 7.51. The number of likely N-dealkylation sites (N-methyl/N-ethyl adjacent to an activating group) is 1. The molecule has 0 saturated heterocycles. The van der Waals surface area contributed by atoms with Crippen molar-refractivity contribution in [2.45, 2.75) is 26.4 Å². The third-order valence-electron chi connectivity index (χ3n) is 3.42. The predicted molar refractivity (Wildman–Crippen MR) is 87.0 cm³/mol. The lowest BCUT2D eigenvalue weighted by molar-refractivity contribution is -0.136. The fourth-order valence-corrected chi connectivity index (χ4v) is 2.56. The van der Waals surface area contributed by atoms with Crippen LogP contribution in [0.3, 0.4) is 0 Å². The summed E-state index contributed by atoms with van der Waals surface area (Å²) in [6.07, 6.45) is 0.407. The van der Waals surface area contributed by atoms with Crippen LogP contribution in [0.15, 0.2) is 36.4 Å². The van der Waals surface area contributed by atoms with Gasteiger partial charge in [-0.15, -0.1) is 0 Å². The standard InChI is InChI=1S/C17H20ClNO2/c1-4-11-19(3)17(20)12(2)21-16-10-9-15(18)13-7-5-6-8-14(13)16/h5-10,12H,4,11H2,1-3H3. The smallest absolute Gasteiger partial charge is 0.263 e. The maximum absolute atomic E-state index is 12.2. The molecule has 2 aromatic carbocycles. The Morgan fingerprint density at radius 3 is 2.57 bits per heavy atom. The summed E-state index contributed by atoms with van der Waals surface area (Å²) in [6, 6.07) is 11.4.